The lowest BCUT2D eigenvalue weighted by Crippen LogP contribution is -2.41. The van der Waals surface area contributed by atoms with Gasteiger partial charge in [-0.05, 0) is 32.6 Å². The van der Waals surface area contributed by atoms with Crippen LogP contribution in [0.4, 0.5) is 11.6 Å². The third kappa shape index (κ3) is 2.56. The van der Waals surface area contributed by atoms with Crippen LogP contribution in [0, 0.1) is 6.92 Å². The fourth-order valence-corrected chi connectivity index (χ4v) is 2.71. The van der Waals surface area contributed by atoms with Gasteiger partial charge in [-0.1, -0.05) is 0 Å². The van der Waals surface area contributed by atoms with Gasteiger partial charge in [0.25, 0.3) is 0 Å². The van der Waals surface area contributed by atoms with Crippen LogP contribution < -0.4 is 10.2 Å². The molecular formula is C13H22N4O. The summed E-state index contributed by atoms with van der Waals surface area (Å²) in [6.07, 6.45) is 6.00. The maximum absolute atomic E-state index is 9.18. The van der Waals surface area contributed by atoms with Crippen LogP contribution in [-0.4, -0.2) is 41.3 Å². The Morgan fingerprint density at radius 1 is 1.44 bits per heavy atom. The molecule has 1 aromatic rings. The molecule has 100 valence electrons. The van der Waals surface area contributed by atoms with Gasteiger partial charge in [-0.25, -0.2) is 9.97 Å². The highest BCUT2D eigenvalue weighted by atomic mass is 16.3. The second kappa shape index (κ2) is 6.00. The SMILES string of the molecule is CNc1ncnc(N2CCCCC2CCO)c1C. The minimum absolute atomic E-state index is 0.240. The topological polar surface area (TPSA) is 61.3 Å². The number of aliphatic hydroxyl groups excluding tert-OH is 1. The number of hydrogen-bond donors (Lipinski definition) is 2. The van der Waals surface area contributed by atoms with Crippen molar-refractivity contribution in [1.29, 1.82) is 0 Å². The zero-order valence-corrected chi connectivity index (χ0v) is 11.2. The van der Waals surface area contributed by atoms with Gasteiger partial charge in [0.1, 0.15) is 18.0 Å². The van der Waals surface area contributed by atoms with Crippen molar-refractivity contribution >= 4 is 11.6 Å². The van der Waals surface area contributed by atoms with Crippen LogP contribution in [0.5, 0.6) is 0 Å². The molecule has 0 radical (unpaired) electrons. The molecule has 1 unspecified atom stereocenters. The fourth-order valence-electron chi connectivity index (χ4n) is 2.71. The number of piperidine rings is 1. The van der Waals surface area contributed by atoms with E-state index in [4.69, 9.17) is 0 Å². The summed E-state index contributed by atoms with van der Waals surface area (Å²) in [5.41, 5.74) is 1.09. The summed E-state index contributed by atoms with van der Waals surface area (Å²) in [6, 6.07) is 0.405. The highest BCUT2D eigenvalue weighted by Crippen LogP contribution is 2.29. The number of anilines is 2. The van der Waals surface area contributed by atoms with Crippen LogP contribution in [0.15, 0.2) is 6.33 Å². The first kappa shape index (κ1) is 13.1. The number of nitrogens with zero attached hydrogens (tertiary/aromatic N) is 3. The van der Waals surface area contributed by atoms with Gasteiger partial charge in [-0.3, -0.25) is 0 Å². The molecule has 2 N–H and O–H groups in total. The second-order valence-electron chi connectivity index (χ2n) is 4.78. The van der Waals surface area contributed by atoms with Gasteiger partial charge < -0.3 is 15.3 Å². The Morgan fingerprint density at radius 2 is 2.28 bits per heavy atom. The maximum Gasteiger partial charge on any atom is 0.137 e. The Bertz CT molecular complexity index is 395. The molecule has 2 rings (SSSR count). The molecule has 0 aromatic carbocycles. The van der Waals surface area contributed by atoms with Crippen molar-refractivity contribution in [2.75, 3.05) is 30.4 Å². The molecule has 18 heavy (non-hydrogen) atoms. The van der Waals surface area contributed by atoms with Crippen molar-refractivity contribution in [3.8, 4) is 0 Å². The monoisotopic (exact) mass is 250 g/mol. The lowest BCUT2D eigenvalue weighted by molar-refractivity contribution is 0.262. The van der Waals surface area contributed by atoms with Crippen LogP contribution >= 0.6 is 0 Å². The third-order valence-electron chi connectivity index (χ3n) is 3.66. The summed E-state index contributed by atoms with van der Waals surface area (Å²) in [4.78, 5) is 11.0. The molecule has 1 atom stereocenters. The van der Waals surface area contributed by atoms with E-state index in [1.165, 1.54) is 12.8 Å². The molecule has 0 saturated carbocycles. The van der Waals surface area contributed by atoms with E-state index < -0.39 is 0 Å². The molecule has 0 spiro atoms. The third-order valence-corrected chi connectivity index (χ3v) is 3.66. The van der Waals surface area contributed by atoms with Crippen LogP contribution in [0.1, 0.15) is 31.2 Å². The van der Waals surface area contributed by atoms with Crippen molar-refractivity contribution in [2.45, 2.75) is 38.6 Å². The molecule has 0 amide bonds. The summed E-state index contributed by atoms with van der Waals surface area (Å²) >= 11 is 0. The second-order valence-corrected chi connectivity index (χ2v) is 4.78. The Kier molecular flexibility index (Phi) is 4.36. The molecule has 1 aliphatic rings. The Balaban J connectivity index is 2.27. The van der Waals surface area contributed by atoms with E-state index in [2.05, 4.69) is 20.2 Å². The van der Waals surface area contributed by atoms with Crippen LogP contribution in [0.3, 0.4) is 0 Å². The smallest absolute Gasteiger partial charge is 0.137 e. The standard InChI is InChI=1S/C13H22N4O/c1-10-12(14-2)15-9-16-13(10)17-7-4-3-5-11(17)6-8-18/h9,11,18H,3-8H2,1-2H3,(H,14,15,16). The summed E-state index contributed by atoms with van der Waals surface area (Å²) in [5.74, 6) is 1.89. The van der Waals surface area contributed by atoms with E-state index in [0.717, 1.165) is 36.6 Å². The minimum atomic E-state index is 0.240. The zero-order valence-electron chi connectivity index (χ0n) is 11.2. The number of hydrogen-bond acceptors (Lipinski definition) is 5. The average Bonchev–Trinajstić information content (AvgIpc) is 2.40. The maximum atomic E-state index is 9.18. The molecule has 0 bridgehead atoms. The first-order valence-corrected chi connectivity index (χ1v) is 6.64. The normalized spacial score (nSPS) is 19.9. The van der Waals surface area contributed by atoms with Gasteiger partial charge in [0, 0.05) is 31.8 Å². The van der Waals surface area contributed by atoms with E-state index in [9.17, 15) is 5.11 Å². The van der Waals surface area contributed by atoms with Crippen LogP contribution in [0.25, 0.3) is 0 Å². The van der Waals surface area contributed by atoms with Gasteiger partial charge in [-0.2, -0.15) is 0 Å². The highest BCUT2D eigenvalue weighted by molar-refractivity contribution is 5.58. The van der Waals surface area contributed by atoms with Gasteiger partial charge in [0.2, 0.25) is 0 Å². The van der Waals surface area contributed by atoms with Crippen LogP contribution in [0.2, 0.25) is 0 Å². The van der Waals surface area contributed by atoms with E-state index in [0.29, 0.717) is 6.04 Å². The number of nitrogens with one attached hydrogen (secondary N) is 1. The molecule has 1 saturated heterocycles. The van der Waals surface area contributed by atoms with Gasteiger partial charge in [0.05, 0.1) is 0 Å². The minimum Gasteiger partial charge on any atom is -0.396 e. The first-order valence-electron chi connectivity index (χ1n) is 6.64. The van der Waals surface area contributed by atoms with Crippen LogP contribution in [-0.2, 0) is 0 Å². The average molecular weight is 250 g/mol. The first-order chi connectivity index (χ1) is 8.77. The Hall–Kier alpha value is -1.36. The van der Waals surface area contributed by atoms with Crippen molar-refractivity contribution in [1.82, 2.24) is 9.97 Å². The summed E-state index contributed by atoms with van der Waals surface area (Å²) in [6.45, 7) is 3.31. The molecule has 1 aliphatic heterocycles. The zero-order chi connectivity index (χ0) is 13.0. The lowest BCUT2D eigenvalue weighted by Gasteiger charge is -2.37. The lowest BCUT2D eigenvalue weighted by atomic mass is 9.99. The van der Waals surface area contributed by atoms with Gasteiger partial charge in [-0.15, -0.1) is 0 Å². The summed E-state index contributed by atoms with van der Waals surface area (Å²) in [7, 11) is 1.88. The van der Waals surface area contributed by atoms with E-state index >= 15 is 0 Å². The van der Waals surface area contributed by atoms with Crippen molar-refractivity contribution in [2.24, 2.45) is 0 Å². The van der Waals surface area contributed by atoms with E-state index in [1.807, 2.05) is 14.0 Å². The molecule has 5 heteroatoms. The van der Waals surface area contributed by atoms with E-state index in [-0.39, 0.29) is 6.61 Å². The van der Waals surface area contributed by atoms with E-state index in [1.54, 1.807) is 6.33 Å². The van der Waals surface area contributed by atoms with Gasteiger partial charge in [0.15, 0.2) is 0 Å². The predicted octanol–water partition coefficient (Wildman–Crippen LogP) is 1.57. The van der Waals surface area contributed by atoms with Gasteiger partial charge >= 0.3 is 0 Å². The largest absolute Gasteiger partial charge is 0.396 e. The molecule has 1 aromatic heterocycles. The van der Waals surface area contributed by atoms with Crippen molar-refractivity contribution in [3.05, 3.63) is 11.9 Å². The number of aromatic nitrogens is 2. The molecule has 5 nitrogen and oxygen atoms in total. The predicted molar refractivity (Wildman–Crippen MR) is 73.0 cm³/mol. The fraction of sp³-hybridized carbons (Fsp3) is 0.692. The van der Waals surface area contributed by atoms with Crippen molar-refractivity contribution in [3.63, 3.8) is 0 Å². The Labute approximate surface area is 108 Å². The molecule has 1 fully saturated rings. The Morgan fingerprint density at radius 3 is 3.00 bits per heavy atom. The summed E-state index contributed by atoms with van der Waals surface area (Å²) in [5, 5.41) is 12.3. The molecular weight excluding hydrogens is 228 g/mol. The summed E-state index contributed by atoms with van der Waals surface area (Å²) < 4.78 is 0. The quantitative estimate of drug-likeness (QED) is 0.849. The number of aliphatic hydroxyl groups is 1. The number of rotatable bonds is 4. The highest BCUT2D eigenvalue weighted by Gasteiger charge is 2.25. The van der Waals surface area contributed by atoms with Crippen molar-refractivity contribution < 1.29 is 5.11 Å². The molecule has 0 aliphatic carbocycles. The molecule has 2 heterocycles.